The van der Waals surface area contributed by atoms with Gasteiger partial charge in [-0.25, -0.2) is 0 Å². The van der Waals surface area contributed by atoms with Crippen molar-refractivity contribution in [1.29, 1.82) is 0 Å². The van der Waals surface area contributed by atoms with Crippen molar-refractivity contribution in [1.82, 2.24) is 15.2 Å². The molecule has 4 heteroatoms. The van der Waals surface area contributed by atoms with E-state index in [9.17, 15) is 0 Å². The number of hydrogen-bond acceptors (Lipinski definition) is 4. The molecular weight excluding hydrogens is 302 g/mol. The SMILES string of the molecule is c1ccc2c(C(c3ccsc3)N3CCCNCC3)ccnc2c1. The van der Waals surface area contributed by atoms with Gasteiger partial charge in [0.05, 0.1) is 11.6 Å². The fraction of sp³-hybridized carbons (Fsp3) is 0.316. The lowest BCUT2D eigenvalue weighted by molar-refractivity contribution is 0.242. The molecule has 3 aromatic rings. The van der Waals surface area contributed by atoms with Gasteiger partial charge in [0.15, 0.2) is 0 Å². The van der Waals surface area contributed by atoms with Crippen molar-refractivity contribution in [3.05, 3.63) is 64.5 Å². The molecular formula is C19H21N3S. The molecule has 1 saturated heterocycles. The smallest absolute Gasteiger partial charge is 0.0705 e. The number of fused-ring (bicyclic) bond motifs is 1. The Morgan fingerprint density at radius 2 is 2.04 bits per heavy atom. The molecule has 1 aliphatic heterocycles. The first kappa shape index (κ1) is 14.8. The molecule has 0 aliphatic carbocycles. The van der Waals surface area contributed by atoms with E-state index >= 15 is 0 Å². The lowest BCUT2D eigenvalue weighted by Gasteiger charge is -2.31. The first-order valence-corrected chi connectivity index (χ1v) is 9.18. The predicted molar refractivity (Wildman–Crippen MR) is 97.0 cm³/mol. The molecule has 118 valence electrons. The maximum absolute atomic E-state index is 4.54. The van der Waals surface area contributed by atoms with Crippen molar-refractivity contribution in [3.8, 4) is 0 Å². The molecule has 0 amide bonds. The van der Waals surface area contributed by atoms with E-state index in [0.29, 0.717) is 6.04 Å². The van der Waals surface area contributed by atoms with Crippen molar-refractivity contribution in [2.45, 2.75) is 12.5 Å². The van der Waals surface area contributed by atoms with Crippen LogP contribution in [0.15, 0.2) is 53.4 Å². The highest BCUT2D eigenvalue weighted by Crippen LogP contribution is 2.34. The number of rotatable bonds is 3. The van der Waals surface area contributed by atoms with Crippen LogP contribution in [0.25, 0.3) is 10.9 Å². The van der Waals surface area contributed by atoms with Gasteiger partial charge in [-0.15, -0.1) is 0 Å². The van der Waals surface area contributed by atoms with Crippen molar-refractivity contribution in [2.24, 2.45) is 0 Å². The Kier molecular flexibility index (Phi) is 4.37. The molecule has 0 radical (unpaired) electrons. The molecule has 1 unspecified atom stereocenters. The van der Waals surface area contributed by atoms with E-state index in [4.69, 9.17) is 0 Å². The number of pyridine rings is 1. The monoisotopic (exact) mass is 323 g/mol. The van der Waals surface area contributed by atoms with Gasteiger partial charge in [-0.1, -0.05) is 18.2 Å². The largest absolute Gasteiger partial charge is 0.315 e. The van der Waals surface area contributed by atoms with Crippen LogP contribution >= 0.6 is 11.3 Å². The molecule has 23 heavy (non-hydrogen) atoms. The van der Waals surface area contributed by atoms with Gasteiger partial charge in [0.25, 0.3) is 0 Å². The Hall–Kier alpha value is -1.75. The van der Waals surface area contributed by atoms with Crippen LogP contribution in [0.3, 0.4) is 0 Å². The van der Waals surface area contributed by atoms with Gasteiger partial charge >= 0.3 is 0 Å². The summed E-state index contributed by atoms with van der Waals surface area (Å²) in [5.41, 5.74) is 3.85. The lowest BCUT2D eigenvalue weighted by Crippen LogP contribution is -2.33. The summed E-state index contributed by atoms with van der Waals surface area (Å²) in [6, 6.07) is 13.3. The summed E-state index contributed by atoms with van der Waals surface area (Å²) in [5, 5.41) is 9.25. The number of nitrogens with one attached hydrogen (secondary N) is 1. The maximum Gasteiger partial charge on any atom is 0.0705 e. The van der Waals surface area contributed by atoms with Gasteiger partial charge in [-0.05, 0) is 53.1 Å². The molecule has 1 aromatic carbocycles. The molecule has 1 aliphatic rings. The van der Waals surface area contributed by atoms with Gasteiger partial charge in [0.1, 0.15) is 0 Å². The molecule has 4 rings (SSSR count). The summed E-state index contributed by atoms with van der Waals surface area (Å²) in [6.45, 7) is 4.38. The van der Waals surface area contributed by atoms with E-state index in [1.165, 1.54) is 22.9 Å². The number of hydrogen-bond donors (Lipinski definition) is 1. The van der Waals surface area contributed by atoms with Gasteiger partial charge < -0.3 is 5.32 Å². The standard InChI is InChI=1S/C19H21N3S/c1-2-5-18-16(4-1)17(6-9-21-18)19(15-7-13-23-14-15)22-11-3-8-20-10-12-22/h1-2,4-7,9,13-14,19-20H,3,8,10-12H2. The summed E-state index contributed by atoms with van der Waals surface area (Å²) in [4.78, 5) is 7.16. The van der Waals surface area contributed by atoms with Crippen LogP contribution in [0.2, 0.25) is 0 Å². The first-order chi connectivity index (χ1) is 11.4. The van der Waals surface area contributed by atoms with E-state index in [2.05, 4.69) is 62.4 Å². The number of thiophene rings is 1. The molecule has 0 bridgehead atoms. The maximum atomic E-state index is 4.54. The highest BCUT2D eigenvalue weighted by molar-refractivity contribution is 7.08. The number of nitrogens with zero attached hydrogens (tertiary/aromatic N) is 2. The van der Waals surface area contributed by atoms with Crippen LogP contribution in [0.4, 0.5) is 0 Å². The van der Waals surface area contributed by atoms with Crippen LogP contribution in [-0.2, 0) is 0 Å². The van der Waals surface area contributed by atoms with Crippen molar-refractivity contribution >= 4 is 22.2 Å². The zero-order chi connectivity index (χ0) is 15.5. The van der Waals surface area contributed by atoms with E-state index < -0.39 is 0 Å². The molecule has 1 atom stereocenters. The second-order valence-corrected chi connectivity index (χ2v) is 6.80. The fourth-order valence-corrected chi connectivity index (χ4v) is 4.18. The first-order valence-electron chi connectivity index (χ1n) is 8.24. The van der Waals surface area contributed by atoms with E-state index in [-0.39, 0.29) is 0 Å². The van der Waals surface area contributed by atoms with Gasteiger partial charge in [-0.2, -0.15) is 11.3 Å². The quantitative estimate of drug-likeness (QED) is 0.797. The van der Waals surface area contributed by atoms with Gasteiger partial charge in [0, 0.05) is 31.2 Å². The Labute approximate surface area is 141 Å². The molecule has 2 aromatic heterocycles. The third-order valence-electron chi connectivity index (χ3n) is 4.58. The van der Waals surface area contributed by atoms with Crippen LogP contribution in [-0.4, -0.2) is 36.1 Å². The average molecular weight is 323 g/mol. The molecule has 0 spiro atoms. The highest BCUT2D eigenvalue weighted by atomic mass is 32.1. The normalized spacial score (nSPS) is 17.9. The zero-order valence-electron chi connectivity index (χ0n) is 13.1. The second kappa shape index (κ2) is 6.79. The Bertz CT molecular complexity index is 756. The van der Waals surface area contributed by atoms with Gasteiger partial charge in [-0.3, -0.25) is 9.88 Å². The molecule has 1 fully saturated rings. The van der Waals surface area contributed by atoms with Crippen LogP contribution in [0, 0.1) is 0 Å². The summed E-state index contributed by atoms with van der Waals surface area (Å²) >= 11 is 1.78. The van der Waals surface area contributed by atoms with Crippen LogP contribution in [0.5, 0.6) is 0 Å². The summed E-state index contributed by atoms with van der Waals surface area (Å²) in [7, 11) is 0. The van der Waals surface area contributed by atoms with Gasteiger partial charge in [0.2, 0.25) is 0 Å². The third-order valence-corrected chi connectivity index (χ3v) is 5.28. The number of aromatic nitrogens is 1. The van der Waals surface area contributed by atoms with E-state index in [1.54, 1.807) is 11.3 Å². The summed E-state index contributed by atoms with van der Waals surface area (Å²) in [5.74, 6) is 0. The Morgan fingerprint density at radius 3 is 2.96 bits per heavy atom. The number of benzene rings is 1. The van der Waals surface area contributed by atoms with Crippen molar-refractivity contribution in [2.75, 3.05) is 26.2 Å². The third kappa shape index (κ3) is 3.02. The minimum Gasteiger partial charge on any atom is -0.315 e. The summed E-state index contributed by atoms with van der Waals surface area (Å²) in [6.07, 6.45) is 3.15. The van der Waals surface area contributed by atoms with E-state index in [1.807, 2.05) is 6.20 Å². The second-order valence-electron chi connectivity index (χ2n) is 6.02. The minimum atomic E-state index is 0.314. The summed E-state index contributed by atoms with van der Waals surface area (Å²) < 4.78 is 0. The number of para-hydroxylation sites is 1. The Balaban J connectivity index is 1.83. The zero-order valence-corrected chi connectivity index (χ0v) is 13.9. The van der Waals surface area contributed by atoms with Crippen LogP contribution < -0.4 is 5.32 Å². The fourth-order valence-electron chi connectivity index (χ4n) is 3.50. The molecule has 0 saturated carbocycles. The van der Waals surface area contributed by atoms with Crippen molar-refractivity contribution in [3.63, 3.8) is 0 Å². The molecule has 3 heterocycles. The minimum absolute atomic E-state index is 0.314. The average Bonchev–Trinajstić information content (AvgIpc) is 2.98. The highest BCUT2D eigenvalue weighted by Gasteiger charge is 2.25. The molecule has 3 nitrogen and oxygen atoms in total. The topological polar surface area (TPSA) is 28.2 Å². The predicted octanol–water partition coefficient (Wildman–Crippen LogP) is 3.68. The van der Waals surface area contributed by atoms with Crippen LogP contribution in [0.1, 0.15) is 23.6 Å². The van der Waals surface area contributed by atoms with Crippen molar-refractivity contribution < 1.29 is 0 Å². The lowest BCUT2D eigenvalue weighted by atomic mass is 9.96. The Morgan fingerprint density at radius 1 is 1.09 bits per heavy atom. The van der Waals surface area contributed by atoms with E-state index in [0.717, 1.165) is 31.7 Å². The molecule has 1 N–H and O–H groups in total.